The fourth-order valence-electron chi connectivity index (χ4n) is 2.60. The molecule has 2 heterocycles. The molecule has 2 aromatic heterocycles. The van der Waals surface area contributed by atoms with E-state index in [1.54, 1.807) is 20.2 Å². The zero-order chi connectivity index (χ0) is 19.6. The van der Waals surface area contributed by atoms with Crippen LogP contribution in [0.15, 0.2) is 52.9 Å². The van der Waals surface area contributed by atoms with E-state index in [1.807, 2.05) is 42.5 Å². The van der Waals surface area contributed by atoms with Crippen molar-refractivity contribution in [3.63, 3.8) is 0 Å². The molecule has 27 heavy (non-hydrogen) atoms. The average molecular weight is 401 g/mol. The Morgan fingerprint density at radius 1 is 1.22 bits per heavy atom. The van der Waals surface area contributed by atoms with E-state index in [9.17, 15) is 9.00 Å². The van der Waals surface area contributed by atoms with E-state index in [-0.39, 0.29) is 12.3 Å². The number of benzene rings is 1. The van der Waals surface area contributed by atoms with Crippen molar-refractivity contribution in [1.29, 1.82) is 4.78 Å². The number of hydrogen-bond acceptors (Lipinski definition) is 6. The summed E-state index contributed by atoms with van der Waals surface area (Å²) in [6, 6.07) is 13.5. The fourth-order valence-corrected chi connectivity index (χ4v) is 4.85. The van der Waals surface area contributed by atoms with Gasteiger partial charge in [-0.1, -0.05) is 41.7 Å². The van der Waals surface area contributed by atoms with Crippen molar-refractivity contribution in [2.75, 3.05) is 18.2 Å². The second-order valence-electron chi connectivity index (χ2n) is 6.25. The van der Waals surface area contributed by atoms with E-state index < -0.39 is 9.73 Å². The predicted octanol–water partition coefficient (Wildman–Crippen LogP) is 3.75. The molecule has 1 amide bonds. The molecule has 1 aromatic carbocycles. The first-order chi connectivity index (χ1) is 12.8. The number of amides is 1. The Kier molecular flexibility index (Phi) is 5.38. The molecule has 0 saturated heterocycles. The van der Waals surface area contributed by atoms with Crippen LogP contribution in [-0.2, 0) is 20.9 Å². The van der Waals surface area contributed by atoms with Gasteiger partial charge in [-0.25, -0.2) is 14.0 Å². The lowest BCUT2D eigenvalue weighted by atomic mass is 10.1. The van der Waals surface area contributed by atoms with Crippen LogP contribution in [0.3, 0.4) is 0 Å². The lowest BCUT2D eigenvalue weighted by Crippen LogP contribution is -2.27. The molecule has 0 aliphatic rings. The minimum absolute atomic E-state index is 0.117. The van der Waals surface area contributed by atoms with Gasteiger partial charge in [0.2, 0.25) is 5.91 Å². The Labute approximate surface area is 162 Å². The summed E-state index contributed by atoms with van der Waals surface area (Å²) in [6.45, 7) is 1.71. The van der Waals surface area contributed by atoms with Crippen LogP contribution in [0.4, 0.5) is 5.13 Å². The van der Waals surface area contributed by atoms with Crippen LogP contribution in [0.5, 0.6) is 0 Å². The molecule has 0 spiro atoms. The smallest absolute Gasteiger partial charge is 0.232 e. The second kappa shape index (κ2) is 7.58. The van der Waals surface area contributed by atoms with Crippen LogP contribution in [0.1, 0.15) is 11.3 Å². The van der Waals surface area contributed by atoms with Crippen molar-refractivity contribution in [1.82, 2.24) is 9.97 Å². The standard InChI is InChI=1S/C19H20N4O2S2/c1-13-18(27(3,20)25)26-19(22-13)23(2)17(24)12-14-7-9-15(10-8-14)16-6-4-5-11-21-16/h4-11,20H,12H2,1-3H3/t27-/m1/s1. The van der Waals surface area contributed by atoms with Gasteiger partial charge in [-0.2, -0.15) is 0 Å². The molecule has 0 unspecified atom stereocenters. The Hall–Kier alpha value is -2.58. The summed E-state index contributed by atoms with van der Waals surface area (Å²) >= 11 is 1.14. The molecule has 1 N–H and O–H groups in total. The van der Waals surface area contributed by atoms with E-state index >= 15 is 0 Å². The molecule has 0 radical (unpaired) electrons. The van der Waals surface area contributed by atoms with Crippen LogP contribution in [-0.4, -0.2) is 33.4 Å². The third-order valence-electron chi connectivity index (χ3n) is 4.03. The minimum Gasteiger partial charge on any atom is -0.291 e. The number of aryl methyl sites for hydroxylation is 1. The molecule has 0 aliphatic carbocycles. The SMILES string of the molecule is Cc1nc(N(C)C(=O)Cc2ccc(-c3ccccn3)cc2)sc1[S@](C)(=N)=O. The summed E-state index contributed by atoms with van der Waals surface area (Å²) in [5.41, 5.74) is 3.31. The molecular weight excluding hydrogens is 380 g/mol. The molecule has 8 heteroatoms. The van der Waals surface area contributed by atoms with Crippen molar-refractivity contribution >= 4 is 32.1 Å². The average Bonchev–Trinajstić information content (AvgIpc) is 3.04. The summed E-state index contributed by atoms with van der Waals surface area (Å²) in [5, 5.41) is 0.458. The maximum atomic E-state index is 12.6. The lowest BCUT2D eigenvalue weighted by Gasteiger charge is -2.14. The normalized spacial score (nSPS) is 13.1. The summed E-state index contributed by atoms with van der Waals surface area (Å²) in [6.07, 6.45) is 3.34. The number of thiazole rings is 1. The quantitative estimate of drug-likeness (QED) is 0.706. The fraction of sp³-hybridized carbons (Fsp3) is 0.211. The third-order valence-corrected chi connectivity index (χ3v) is 7.26. The summed E-state index contributed by atoms with van der Waals surface area (Å²) in [4.78, 5) is 22.7. The van der Waals surface area contributed by atoms with Gasteiger partial charge in [0.25, 0.3) is 0 Å². The van der Waals surface area contributed by atoms with Crippen molar-refractivity contribution in [3.8, 4) is 11.3 Å². The van der Waals surface area contributed by atoms with E-state index in [4.69, 9.17) is 4.78 Å². The molecule has 0 fully saturated rings. The second-order valence-corrected chi connectivity index (χ2v) is 9.59. The Balaban J connectivity index is 1.73. The number of nitrogens with zero attached hydrogens (tertiary/aromatic N) is 3. The molecule has 0 saturated carbocycles. The van der Waals surface area contributed by atoms with Gasteiger partial charge in [0, 0.05) is 25.1 Å². The van der Waals surface area contributed by atoms with Crippen molar-refractivity contribution in [2.45, 2.75) is 17.6 Å². The van der Waals surface area contributed by atoms with Gasteiger partial charge in [0.15, 0.2) is 5.13 Å². The molecule has 6 nitrogen and oxygen atoms in total. The maximum absolute atomic E-state index is 12.6. The molecular formula is C19H20N4O2S2. The Morgan fingerprint density at radius 2 is 1.93 bits per heavy atom. The number of pyridine rings is 1. The first-order valence-electron chi connectivity index (χ1n) is 8.24. The number of anilines is 1. The van der Waals surface area contributed by atoms with Gasteiger partial charge in [-0.15, -0.1) is 0 Å². The highest BCUT2D eigenvalue weighted by Crippen LogP contribution is 2.29. The molecule has 3 rings (SSSR count). The van der Waals surface area contributed by atoms with E-state index in [0.717, 1.165) is 28.2 Å². The number of aromatic nitrogens is 2. The van der Waals surface area contributed by atoms with Gasteiger partial charge >= 0.3 is 0 Å². The summed E-state index contributed by atoms with van der Waals surface area (Å²) in [7, 11) is -1.20. The molecule has 1 atom stereocenters. The Morgan fingerprint density at radius 3 is 2.48 bits per heavy atom. The van der Waals surface area contributed by atoms with Crippen molar-refractivity contribution in [3.05, 3.63) is 59.9 Å². The third kappa shape index (κ3) is 4.40. The number of carbonyl (C=O) groups is 1. The highest BCUT2D eigenvalue weighted by atomic mass is 32.2. The highest BCUT2D eigenvalue weighted by Gasteiger charge is 2.20. The van der Waals surface area contributed by atoms with Gasteiger partial charge in [0.05, 0.1) is 27.5 Å². The summed E-state index contributed by atoms with van der Waals surface area (Å²) in [5.74, 6) is -0.117. The maximum Gasteiger partial charge on any atom is 0.232 e. The number of rotatable bonds is 5. The summed E-state index contributed by atoms with van der Waals surface area (Å²) < 4.78 is 20.1. The van der Waals surface area contributed by atoms with Gasteiger partial charge < -0.3 is 0 Å². The van der Waals surface area contributed by atoms with E-state index in [1.165, 1.54) is 11.2 Å². The molecule has 140 valence electrons. The first kappa shape index (κ1) is 19.2. The highest BCUT2D eigenvalue weighted by molar-refractivity contribution is 7.93. The van der Waals surface area contributed by atoms with Crippen LogP contribution < -0.4 is 4.90 Å². The molecule has 0 aliphatic heterocycles. The number of carbonyl (C=O) groups excluding carboxylic acids is 1. The largest absolute Gasteiger partial charge is 0.291 e. The molecule has 3 aromatic rings. The zero-order valence-corrected chi connectivity index (χ0v) is 16.9. The van der Waals surface area contributed by atoms with Gasteiger partial charge in [-0.05, 0) is 24.6 Å². The minimum atomic E-state index is -2.85. The van der Waals surface area contributed by atoms with E-state index in [0.29, 0.717) is 15.0 Å². The van der Waals surface area contributed by atoms with Crippen LogP contribution in [0.25, 0.3) is 11.3 Å². The lowest BCUT2D eigenvalue weighted by molar-refractivity contribution is -0.117. The Bertz CT molecular complexity index is 1060. The van der Waals surface area contributed by atoms with Crippen molar-refractivity contribution < 1.29 is 9.00 Å². The number of nitrogens with one attached hydrogen (secondary N) is 1. The van der Waals surface area contributed by atoms with Crippen molar-refractivity contribution in [2.24, 2.45) is 0 Å². The number of hydrogen-bond donors (Lipinski definition) is 1. The number of likely N-dealkylation sites (N-methyl/N-ethyl adjacent to an activating group) is 1. The van der Waals surface area contributed by atoms with Gasteiger partial charge in [-0.3, -0.25) is 14.7 Å². The first-order valence-corrected chi connectivity index (χ1v) is 11.0. The van der Waals surface area contributed by atoms with Crippen LogP contribution >= 0.6 is 11.3 Å². The van der Waals surface area contributed by atoms with E-state index in [2.05, 4.69) is 9.97 Å². The van der Waals surface area contributed by atoms with Gasteiger partial charge in [0.1, 0.15) is 4.21 Å². The monoisotopic (exact) mass is 400 g/mol. The van der Waals surface area contributed by atoms with Crippen LogP contribution in [0.2, 0.25) is 0 Å². The zero-order valence-electron chi connectivity index (χ0n) is 15.3. The molecule has 0 bridgehead atoms. The van der Waals surface area contributed by atoms with Crippen LogP contribution in [0, 0.1) is 11.7 Å². The predicted molar refractivity (Wildman–Crippen MR) is 109 cm³/mol. The topological polar surface area (TPSA) is 87.0 Å².